The second-order valence-electron chi connectivity index (χ2n) is 3.81. The van der Waals surface area contributed by atoms with Crippen molar-refractivity contribution in [2.75, 3.05) is 13.7 Å². The number of carboxylic acid groups (broad SMARTS) is 1. The first-order chi connectivity index (χ1) is 8.47. The van der Waals surface area contributed by atoms with Crippen molar-refractivity contribution in [3.63, 3.8) is 0 Å². The minimum Gasteiger partial charge on any atom is -0.481 e. The van der Waals surface area contributed by atoms with Crippen molar-refractivity contribution in [2.45, 2.75) is 19.9 Å². The van der Waals surface area contributed by atoms with E-state index in [2.05, 4.69) is 5.10 Å². The largest absolute Gasteiger partial charge is 0.481 e. The summed E-state index contributed by atoms with van der Waals surface area (Å²) in [6.07, 6.45) is 0.519. The molecule has 1 aromatic rings. The highest BCUT2D eigenvalue weighted by molar-refractivity contribution is 5.79. The van der Waals surface area contributed by atoms with Crippen LogP contribution in [0.1, 0.15) is 24.2 Å². The van der Waals surface area contributed by atoms with E-state index in [0.717, 1.165) is 0 Å². The highest BCUT2D eigenvalue weighted by atomic mass is 16.5. The van der Waals surface area contributed by atoms with Gasteiger partial charge in [-0.05, 0) is 13.8 Å². The fourth-order valence-corrected chi connectivity index (χ4v) is 1.96. The Balaban J connectivity index is 3.38. The molecule has 0 radical (unpaired) electrons. The van der Waals surface area contributed by atoms with Crippen molar-refractivity contribution in [1.82, 2.24) is 14.7 Å². The lowest BCUT2D eigenvalue weighted by molar-refractivity contribution is -0.146. The number of amides is 1. The van der Waals surface area contributed by atoms with Crippen molar-refractivity contribution >= 4 is 12.4 Å². The van der Waals surface area contributed by atoms with Gasteiger partial charge in [-0.2, -0.15) is 5.10 Å². The molecule has 7 nitrogen and oxygen atoms in total. The summed E-state index contributed by atoms with van der Waals surface area (Å²) in [5, 5.41) is 13.4. The van der Waals surface area contributed by atoms with Gasteiger partial charge in [0.1, 0.15) is 0 Å². The van der Waals surface area contributed by atoms with Crippen LogP contribution in [0, 0.1) is 6.92 Å². The molecule has 18 heavy (non-hydrogen) atoms. The molecule has 7 heteroatoms. The van der Waals surface area contributed by atoms with E-state index < -0.39 is 12.0 Å². The van der Waals surface area contributed by atoms with Crippen molar-refractivity contribution in [3.8, 4) is 5.88 Å². The normalized spacial score (nSPS) is 12.0. The summed E-state index contributed by atoms with van der Waals surface area (Å²) < 4.78 is 6.62. The van der Waals surface area contributed by atoms with E-state index in [1.54, 1.807) is 20.9 Å². The van der Waals surface area contributed by atoms with Gasteiger partial charge in [0.05, 0.1) is 18.4 Å². The topological polar surface area (TPSA) is 84.7 Å². The lowest BCUT2D eigenvalue weighted by Crippen LogP contribution is -2.33. The molecule has 100 valence electrons. The number of carboxylic acids is 1. The van der Waals surface area contributed by atoms with Crippen LogP contribution in [0.4, 0.5) is 0 Å². The van der Waals surface area contributed by atoms with Gasteiger partial charge >= 0.3 is 5.97 Å². The molecule has 1 atom stereocenters. The third-order valence-electron chi connectivity index (χ3n) is 2.75. The van der Waals surface area contributed by atoms with E-state index in [0.29, 0.717) is 23.5 Å². The molecule has 0 fully saturated rings. The Hall–Kier alpha value is -2.05. The number of aryl methyl sites for hydroxylation is 2. The van der Waals surface area contributed by atoms with Gasteiger partial charge in [0, 0.05) is 13.6 Å². The lowest BCUT2D eigenvalue weighted by Gasteiger charge is -2.23. The SMILES string of the molecule is CCN(C=O)C(C(=O)O)c1c(C)nn(C)c1OC. The number of ether oxygens (including phenoxy) is 1. The fraction of sp³-hybridized carbons (Fsp3) is 0.545. The Labute approximate surface area is 105 Å². The van der Waals surface area contributed by atoms with Crippen LogP contribution in [-0.2, 0) is 16.6 Å². The van der Waals surface area contributed by atoms with Gasteiger partial charge in [-0.3, -0.25) is 4.79 Å². The molecule has 1 unspecified atom stereocenters. The van der Waals surface area contributed by atoms with E-state index in [9.17, 15) is 14.7 Å². The number of aliphatic carboxylic acids is 1. The molecule has 0 bridgehead atoms. The maximum Gasteiger partial charge on any atom is 0.331 e. The number of likely N-dealkylation sites (N-methyl/N-ethyl adjacent to an activating group) is 1. The average molecular weight is 255 g/mol. The summed E-state index contributed by atoms with van der Waals surface area (Å²) >= 11 is 0. The smallest absolute Gasteiger partial charge is 0.331 e. The monoisotopic (exact) mass is 255 g/mol. The van der Waals surface area contributed by atoms with Crippen LogP contribution in [0.3, 0.4) is 0 Å². The Kier molecular flexibility index (Phi) is 4.30. The van der Waals surface area contributed by atoms with Crippen LogP contribution in [0.25, 0.3) is 0 Å². The number of hydrogen-bond donors (Lipinski definition) is 1. The van der Waals surface area contributed by atoms with Crippen LogP contribution in [0.15, 0.2) is 0 Å². The summed E-state index contributed by atoms with van der Waals surface area (Å²) in [6, 6.07) is -1.09. The molecule has 0 aliphatic heterocycles. The van der Waals surface area contributed by atoms with Crippen LogP contribution < -0.4 is 4.74 Å². The van der Waals surface area contributed by atoms with E-state index >= 15 is 0 Å². The van der Waals surface area contributed by atoms with Crippen molar-refractivity contribution in [3.05, 3.63) is 11.3 Å². The van der Waals surface area contributed by atoms with Gasteiger partial charge in [0.2, 0.25) is 12.3 Å². The Morgan fingerprint density at radius 3 is 2.67 bits per heavy atom. The molecule has 1 N–H and O–H groups in total. The van der Waals surface area contributed by atoms with Gasteiger partial charge in [0.25, 0.3) is 0 Å². The summed E-state index contributed by atoms with van der Waals surface area (Å²) in [5.41, 5.74) is 0.934. The van der Waals surface area contributed by atoms with Gasteiger partial charge in [0.15, 0.2) is 6.04 Å². The predicted octanol–water partition coefficient (Wildman–Crippen LogP) is 0.341. The second-order valence-corrected chi connectivity index (χ2v) is 3.81. The molecular formula is C11H17N3O4. The number of rotatable bonds is 6. The van der Waals surface area contributed by atoms with E-state index in [1.165, 1.54) is 16.7 Å². The zero-order valence-corrected chi connectivity index (χ0v) is 10.9. The minimum atomic E-state index is -1.11. The van der Waals surface area contributed by atoms with E-state index in [-0.39, 0.29) is 6.54 Å². The molecule has 1 rings (SSSR count). The number of carbonyl (C=O) groups is 2. The fourth-order valence-electron chi connectivity index (χ4n) is 1.96. The van der Waals surface area contributed by atoms with E-state index in [4.69, 9.17) is 4.74 Å². The molecule has 0 saturated carbocycles. The number of aromatic nitrogens is 2. The summed E-state index contributed by atoms with van der Waals surface area (Å²) in [7, 11) is 3.10. The average Bonchev–Trinajstić information content (AvgIpc) is 2.59. The molecule has 1 aromatic heterocycles. The van der Waals surface area contributed by atoms with Crippen LogP contribution >= 0.6 is 0 Å². The molecule has 0 aliphatic rings. The first kappa shape index (κ1) is 14.0. The van der Waals surface area contributed by atoms with Crippen molar-refractivity contribution in [1.29, 1.82) is 0 Å². The summed E-state index contributed by atoms with van der Waals surface area (Å²) in [6.45, 7) is 3.69. The maximum absolute atomic E-state index is 11.4. The first-order valence-corrected chi connectivity index (χ1v) is 5.49. The zero-order valence-electron chi connectivity index (χ0n) is 10.9. The third kappa shape index (κ3) is 2.29. The molecule has 0 aromatic carbocycles. The molecule has 0 aliphatic carbocycles. The van der Waals surface area contributed by atoms with Crippen LogP contribution in [0.5, 0.6) is 5.88 Å². The number of methoxy groups -OCH3 is 1. The highest BCUT2D eigenvalue weighted by Crippen LogP contribution is 2.31. The molecule has 1 amide bonds. The highest BCUT2D eigenvalue weighted by Gasteiger charge is 2.33. The first-order valence-electron chi connectivity index (χ1n) is 5.49. The second kappa shape index (κ2) is 5.52. The Bertz CT molecular complexity index is 455. The van der Waals surface area contributed by atoms with Gasteiger partial charge in [-0.1, -0.05) is 0 Å². The van der Waals surface area contributed by atoms with Gasteiger partial charge in [-0.25, -0.2) is 9.48 Å². The maximum atomic E-state index is 11.4. The van der Waals surface area contributed by atoms with Crippen molar-refractivity contribution in [2.24, 2.45) is 7.05 Å². The quantitative estimate of drug-likeness (QED) is 0.741. The van der Waals surface area contributed by atoms with Crippen molar-refractivity contribution < 1.29 is 19.4 Å². The summed E-state index contributed by atoms with van der Waals surface area (Å²) in [4.78, 5) is 23.6. The van der Waals surface area contributed by atoms with E-state index in [1.807, 2.05) is 0 Å². The zero-order chi connectivity index (χ0) is 13.9. The Morgan fingerprint density at radius 2 is 2.28 bits per heavy atom. The molecule has 1 heterocycles. The third-order valence-corrected chi connectivity index (χ3v) is 2.75. The molecule has 0 saturated heterocycles. The predicted molar refractivity (Wildman–Crippen MR) is 63.3 cm³/mol. The summed E-state index contributed by atoms with van der Waals surface area (Å²) in [5.74, 6) is -0.765. The van der Waals surface area contributed by atoms with Crippen LogP contribution in [-0.4, -0.2) is 45.8 Å². The number of hydrogen-bond acceptors (Lipinski definition) is 4. The van der Waals surface area contributed by atoms with Gasteiger partial charge < -0.3 is 14.7 Å². The van der Waals surface area contributed by atoms with Gasteiger partial charge in [-0.15, -0.1) is 0 Å². The standard InChI is InChI=1S/C11H17N3O4/c1-5-14(6-15)9(11(16)17)8-7(2)12-13(3)10(8)18-4/h6,9H,5H2,1-4H3,(H,16,17). The molecular weight excluding hydrogens is 238 g/mol. The number of nitrogens with zero attached hydrogens (tertiary/aromatic N) is 3. The Morgan fingerprint density at radius 1 is 1.67 bits per heavy atom. The number of carbonyl (C=O) groups excluding carboxylic acids is 1. The minimum absolute atomic E-state index is 0.290. The lowest BCUT2D eigenvalue weighted by atomic mass is 10.1. The molecule has 0 spiro atoms. The van der Waals surface area contributed by atoms with Crippen LogP contribution in [0.2, 0.25) is 0 Å².